The number of halogens is 1. The molecule has 0 atom stereocenters. The molecular formula is C19H16FN5O. The lowest BCUT2D eigenvalue weighted by Gasteiger charge is -2.09. The molecule has 4 aromatic rings. The van der Waals surface area contributed by atoms with Crippen molar-refractivity contribution in [2.24, 2.45) is 7.05 Å². The maximum atomic E-state index is 13.1. The molecule has 0 saturated heterocycles. The number of hydrogen-bond acceptors (Lipinski definition) is 3. The van der Waals surface area contributed by atoms with Crippen molar-refractivity contribution in [1.29, 1.82) is 0 Å². The van der Waals surface area contributed by atoms with E-state index in [9.17, 15) is 9.18 Å². The Labute approximate surface area is 148 Å². The molecule has 0 aliphatic rings. The smallest absolute Gasteiger partial charge is 0.256 e. The highest BCUT2D eigenvalue weighted by Crippen LogP contribution is 2.21. The number of aromatic nitrogens is 4. The summed E-state index contributed by atoms with van der Waals surface area (Å²) < 4.78 is 16.6. The van der Waals surface area contributed by atoms with Crippen molar-refractivity contribution in [2.75, 3.05) is 5.32 Å². The highest BCUT2D eigenvalue weighted by molar-refractivity contribution is 6.03. The van der Waals surface area contributed by atoms with E-state index in [1.54, 1.807) is 10.7 Å². The number of carbonyl (C=O) groups is 1. The number of para-hydroxylation sites is 2. The maximum absolute atomic E-state index is 13.1. The van der Waals surface area contributed by atoms with Gasteiger partial charge < -0.3 is 9.88 Å². The molecule has 0 saturated carbocycles. The Morgan fingerprint density at radius 2 is 1.85 bits per heavy atom. The van der Waals surface area contributed by atoms with E-state index in [2.05, 4.69) is 15.4 Å². The van der Waals surface area contributed by atoms with Crippen LogP contribution in [-0.4, -0.2) is 25.2 Å². The molecule has 0 spiro atoms. The minimum atomic E-state index is -0.387. The summed E-state index contributed by atoms with van der Waals surface area (Å²) in [5.74, 6) is 0.357. The monoisotopic (exact) mass is 349 g/mol. The molecular weight excluding hydrogens is 333 g/mol. The molecule has 4 rings (SSSR count). The largest absolute Gasteiger partial charge is 0.311 e. The molecule has 6 nitrogen and oxygen atoms in total. The van der Waals surface area contributed by atoms with Gasteiger partial charge in [-0.1, -0.05) is 12.1 Å². The number of nitrogens with one attached hydrogen (secondary N) is 1. The van der Waals surface area contributed by atoms with E-state index in [1.165, 1.54) is 24.3 Å². The topological polar surface area (TPSA) is 64.7 Å². The zero-order valence-corrected chi connectivity index (χ0v) is 14.3. The molecule has 0 unspecified atom stereocenters. The Morgan fingerprint density at radius 1 is 1.12 bits per heavy atom. The van der Waals surface area contributed by atoms with Crippen molar-refractivity contribution in [3.8, 4) is 5.95 Å². The first-order valence-corrected chi connectivity index (χ1v) is 8.08. The number of carbonyl (C=O) groups excluding carboxylic acids is 1. The van der Waals surface area contributed by atoms with Crippen LogP contribution in [0.4, 0.5) is 10.2 Å². The van der Waals surface area contributed by atoms with E-state index < -0.39 is 0 Å². The van der Waals surface area contributed by atoms with Gasteiger partial charge in [-0.15, -0.1) is 0 Å². The van der Waals surface area contributed by atoms with Crippen molar-refractivity contribution in [3.05, 3.63) is 71.7 Å². The van der Waals surface area contributed by atoms with Crippen LogP contribution in [0.25, 0.3) is 17.0 Å². The molecule has 0 aliphatic carbocycles. The predicted octanol–water partition coefficient (Wildman–Crippen LogP) is 3.46. The van der Waals surface area contributed by atoms with Gasteiger partial charge in [-0.05, 0) is 43.3 Å². The van der Waals surface area contributed by atoms with Crippen LogP contribution in [0.5, 0.6) is 0 Å². The Bertz CT molecular complexity index is 1110. The van der Waals surface area contributed by atoms with Gasteiger partial charge in [0.2, 0.25) is 5.95 Å². The van der Waals surface area contributed by atoms with Crippen LogP contribution in [0.1, 0.15) is 16.1 Å². The number of amides is 1. The van der Waals surface area contributed by atoms with Gasteiger partial charge in [-0.3, -0.25) is 4.79 Å². The van der Waals surface area contributed by atoms with Crippen molar-refractivity contribution >= 4 is 22.8 Å². The zero-order valence-electron chi connectivity index (χ0n) is 14.3. The second-order valence-corrected chi connectivity index (χ2v) is 6.00. The van der Waals surface area contributed by atoms with Crippen LogP contribution < -0.4 is 5.32 Å². The van der Waals surface area contributed by atoms with Gasteiger partial charge in [0.05, 0.1) is 16.7 Å². The summed E-state index contributed by atoms with van der Waals surface area (Å²) >= 11 is 0. The van der Waals surface area contributed by atoms with Crippen LogP contribution in [-0.2, 0) is 7.05 Å². The van der Waals surface area contributed by atoms with E-state index >= 15 is 0 Å². The molecule has 2 heterocycles. The van der Waals surface area contributed by atoms with Gasteiger partial charge in [-0.2, -0.15) is 9.78 Å². The van der Waals surface area contributed by atoms with Crippen LogP contribution in [0.3, 0.4) is 0 Å². The van der Waals surface area contributed by atoms with Gasteiger partial charge >= 0.3 is 0 Å². The van der Waals surface area contributed by atoms with E-state index in [1.807, 2.05) is 42.8 Å². The molecule has 1 amide bonds. The summed E-state index contributed by atoms with van der Waals surface area (Å²) in [6, 6.07) is 14.9. The molecule has 26 heavy (non-hydrogen) atoms. The summed E-state index contributed by atoms with van der Waals surface area (Å²) in [6.45, 7) is 1.84. The second kappa shape index (κ2) is 6.11. The second-order valence-electron chi connectivity index (χ2n) is 6.00. The SMILES string of the molecule is Cc1cc(NC(=O)c2ccc(F)cc2)n(-c2nc3ccccc3n2C)n1. The number of rotatable bonds is 3. The number of imidazole rings is 1. The van der Waals surface area contributed by atoms with E-state index in [0.29, 0.717) is 17.3 Å². The quantitative estimate of drug-likeness (QED) is 0.616. The van der Waals surface area contributed by atoms with Gasteiger partial charge in [0.25, 0.3) is 5.91 Å². The fraction of sp³-hybridized carbons (Fsp3) is 0.105. The Hall–Kier alpha value is -3.48. The highest BCUT2D eigenvalue weighted by atomic mass is 19.1. The fourth-order valence-corrected chi connectivity index (χ4v) is 2.85. The minimum Gasteiger partial charge on any atom is -0.311 e. The average Bonchev–Trinajstić information content (AvgIpc) is 3.15. The molecule has 1 N–H and O–H groups in total. The highest BCUT2D eigenvalue weighted by Gasteiger charge is 2.17. The van der Waals surface area contributed by atoms with Crippen LogP contribution in [0.15, 0.2) is 54.6 Å². The lowest BCUT2D eigenvalue weighted by Crippen LogP contribution is -2.16. The number of aryl methyl sites for hydroxylation is 2. The molecule has 2 aromatic carbocycles. The third kappa shape index (κ3) is 2.73. The standard InChI is InChI=1S/C19H16FN5O/c1-12-11-17(22-18(26)13-7-9-14(20)10-8-13)25(23-12)19-21-15-5-3-4-6-16(15)24(19)2/h3-11H,1-2H3,(H,22,26). The maximum Gasteiger partial charge on any atom is 0.256 e. The first kappa shape index (κ1) is 16.0. The van der Waals surface area contributed by atoms with Gasteiger partial charge in [0.15, 0.2) is 0 Å². The van der Waals surface area contributed by atoms with Crippen molar-refractivity contribution in [1.82, 2.24) is 19.3 Å². The molecule has 0 aliphatic heterocycles. The summed E-state index contributed by atoms with van der Waals surface area (Å²) in [4.78, 5) is 17.1. The number of benzene rings is 2. The van der Waals surface area contributed by atoms with E-state index in [0.717, 1.165) is 16.7 Å². The van der Waals surface area contributed by atoms with Crippen molar-refractivity contribution in [3.63, 3.8) is 0 Å². The average molecular weight is 349 g/mol. The minimum absolute atomic E-state index is 0.343. The Kier molecular flexibility index (Phi) is 3.76. The fourth-order valence-electron chi connectivity index (χ4n) is 2.85. The summed E-state index contributed by atoms with van der Waals surface area (Å²) in [7, 11) is 1.90. The van der Waals surface area contributed by atoms with E-state index in [-0.39, 0.29) is 11.7 Å². The lowest BCUT2D eigenvalue weighted by atomic mass is 10.2. The Balaban J connectivity index is 1.73. The molecule has 7 heteroatoms. The number of anilines is 1. The van der Waals surface area contributed by atoms with E-state index in [4.69, 9.17) is 0 Å². The molecule has 2 aromatic heterocycles. The van der Waals surface area contributed by atoms with Crippen molar-refractivity contribution < 1.29 is 9.18 Å². The molecule has 0 fully saturated rings. The Morgan fingerprint density at radius 3 is 2.58 bits per heavy atom. The predicted molar refractivity (Wildman–Crippen MR) is 96.9 cm³/mol. The summed E-state index contributed by atoms with van der Waals surface area (Å²) in [5, 5.41) is 7.28. The molecule has 130 valence electrons. The van der Waals surface area contributed by atoms with Gasteiger partial charge in [0.1, 0.15) is 11.6 Å². The zero-order chi connectivity index (χ0) is 18.3. The first-order chi connectivity index (χ1) is 12.5. The van der Waals surface area contributed by atoms with Crippen LogP contribution >= 0.6 is 0 Å². The number of hydrogen-bond donors (Lipinski definition) is 1. The number of nitrogens with zero attached hydrogens (tertiary/aromatic N) is 4. The van der Waals surface area contributed by atoms with Crippen molar-refractivity contribution in [2.45, 2.75) is 6.92 Å². The molecule has 0 radical (unpaired) electrons. The summed E-state index contributed by atoms with van der Waals surface area (Å²) in [6.07, 6.45) is 0. The first-order valence-electron chi connectivity index (χ1n) is 8.08. The van der Waals surface area contributed by atoms with Gasteiger partial charge in [-0.25, -0.2) is 9.37 Å². The lowest BCUT2D eigenvalue weighted by molar-refractivity contribution is 0.102. The normalized spacial score (nSPS) is 11.0. The third-order valence-electron chi connectivity index (χ3n) is 4.13. The van der Waals surface area contributed by atoms with Gasteiger partial charge in [0, 0.05) is 18.7 Å². The third-order valence-corrected chi connectivity index (χ3v) is 4.13. The van der Waals surface area contributed by atoms with Crippen LogP contribution in [0, 0.1) is 12.7 Å². The number of fused-ring (bicyclic) bond motifs is 1. The molecule has 0 bridgehead atoms. The van der Waals surface area contributed by atoms with Crippen LogP contribution in [0.2, 0.25) is 0 Å². The summed E-state index contributed by atoms with van der Waals surface area (Å²) in [5.41, 5.74) is 2.91.